The fraction of sp³-hybridized carbons (Fsp3) is 0.462. The van der Waals surface area contributed by atoms with Gasteiger partial charge in [0.2, 0.25) is 5.91 Å². The Morgan fingerprint density at radius 3 is 2.63 bits per heavy atom. The van der Waals surface area contributed by atoms with E-state index in [4.69, 9.17) is 28.9 Å². The summed E-state index contributed by atoms with van der Waals surface area (Å²) in [6.07, 6.45) is 1.46. The second-order valence-electron chi connectivity index (χ2n) is 4.45. The van der Waals surface area contributed by atoms with Crippen molar-refractivity contribution < 1.29 is 4.79 Å². The van der Waals surface area contributed by atoms with E-state index in [1.165, 1.54) is 0 Å². The number of anilines is 2. The summed E-state index contributed by atoms with van der Waals surface area (Å²) in [5.74, 6) is -0.112. The van der Waals surface area contributed by atoms with Crippen LogP contribution in [0.4, 0.5) is 11.4 Å². The highest BCUT2D eigenvalue weighted by Gasteiger charge is 2.11. The summed E-state index contributed by atoms with van der Waals surface area (Å²) >= 11 is 11.8. The number of nitrogens with two attached hydrogens (primary N) is 1. The van der Waals surface area contributed by atoms with Gasteiger partial charge in [-0.3, -0.25) is 4.79 Å². The number of benzene rings is 1. The molecule has 0 bridgehead atoms. The van der Waals surface area contributed by atoms with Crippen molar-refractivity contribution in [3.05, 3.63) is 22.2 Å². The summed E-state index contributed by atoms with van der Waals surface area (Å²) in [5, 5.41) is 3.52. The number of hydrogen-bond donors (Lipinski definition) is 2. The highest BCUT2D eigenvalue weighted by atomic mass is 35.5. The van der Waals surface area contributed by atoms with Gasteiger partial charge in [-0.25, -0.2) is 0 Å². The first-order valence-corrected chi connectivity index (χ1v) is 6.92. The van der Waals surface area contributed by atoms with Crippen molar-refractivity contribution >= 4 is 40.5 Å². The van der Waals surface area contributed by atoms with Crippen LogP contribution in [-0.4, -0.2) is 30.9 Å². The minimum absolute atomic E-state index is 0.112. The SMILES string of the molecule is CCCN(C)CCC(=O)Nc1c(N)cc(Cl)cc1Cl. The van der Waals surface area contributed by atoms with Crippen LogP contribution in [0, 0.1) is 0 Å². The molecule has 0 aromatic heterocycles. The number of hydrogen-bond acceptors (Lipinski definition) is 3. The van der Waals surface area contributed by atoms with E-state index in [1.807, 2.05) is 7.05 Å². The lowest BCUT2D eigenvalue weighted by atomic mass is 10.2. The van der Waals surface area contributed by atoms with Crippen LogP contribution in [0.5, 0.6) is 0 Å². The van der Waals surface area contributed by atoms with Crippen molar-refractivity contribution in [2.24, 2.45) is 0 Å². The van der Waals surface area contributed by atoms with Crippen LogP contribution in [0.1, 0.15) is 19.8 Å². The zero-order valence-corrected chi connectivity index (χ0v) is 12.7. The van der Waals surface area contributed by atoms with Crippen molar-refractivity contribution in [3.63, 3.8) is 0 Å². The minimum atomic E-state index is -0.112. The van der Waals surface area contributed by atoms with Crippen LogP contribution in [-0.2, 0) is 4.79 Å². The molecule has 0 aliphatic carbocycles. The Labute approximate surface area is 123 Å². The van der Waals surface area contributed by atoms with Gasteiger partial charge in [0.25, 0.3) is 0 Å². The first-order chi connectivity index (χ1) is 8.93. The Morgan fingerprint density at radius 2 is 2.05 bits per heavy atom. The molecule has 0 spiro atoms. The molecule has 1 rings (SSSR count). The molecule has 0 aliphatic heterocycles. The Bertz CT molecular complexity index is 429. The third kappa shape index (κ3) is 5.27. The maximum atomic E-state index is 11.8. The van der Waals surface area contributed by atoms with E-state index >= 15 is 0 Å². The number of nitrogens with zero attached hydrogens (tertiary/aromatic N) is 1. The van der Waals surface area contributed by atoms with Crippen LogP contribution >= 0.6 is 23.2 Å². The van der Waals surface area contributed by atoms with Crippen LogP contribution in [0.3, 0.4) is 0 Å². The van der Waals surface area contributed by atoms with Gasteiger partial charge in [-0.1, -0.05) is 30.1 Å². The molecule has 1 aromatic carbocycles. The molecule has 0 atom stereocenters. The van der Waals surface area contributed by atoms with Gasteiger partial charge in [0, 0.05) is 18.0 Å². The first-order valence-electron chi connectivity index (χ1n) is 6.17. The summed E-state index contributed by atoms with van der Waals surface area (Å²) in [6.45, 7) is 3.77. The Morgan fingerprint density at radius 1 is 1.37 bits per heavy atom. The lowest BCUT2D eigenvalue weighted by Crippen LogP contribution is -2.25. The van der Waals surface area contributed by atoms with Crippen molar-refractivity contribution in [2.45, 2.75) is 19.8 Å². The Balaban J connectivity index is 2.58. The summed E-state index contributed by atoms with van der Waals surface area (Å²) in [5.41, 5.74) is 6.57. The highest BCUT2D eigenvalue weighted by Crippen LogP contribution is 2.32. The van der Waals surface area contributed by atoms with Crippen molar-refractivity contribution in [1.82, 2.24) is 4.90 Å². The average molecular weight is 304 g/mol. The lowest BCUT2D eigenvalue weighted by molar-refractivity contribution is -0.116. The number of nitrogen functional groups attached to an aromatic ring is 1. The van der Waals surface area contributed by atoms with Gasteiger partial charge >= 0.3 is 0 Å². The molecule has 19 heavy (non-hydrogen) atoms. The summed E-state index contributed by atoms with van der Waals surface area (Å²) < 4.78 is 0. The molecule has 1 amide bonds. The fourth-order valence-electron chi connectivity index (χ4n) is 1.71. The van der Waals surface area contributed by atoms with Gasteiger partial charge < -0.3 is 16.0 Å². The molecule has 0 saturated carbocycles. The van der Waals surface area contributed by atoms with E-state index in [2.05, 4.69) is 17.1 Å². The monoisotopic (exact) mass is 303 g/mol. The third-order valence-corrected chi connectivity index (χ3v) is 3.19. The van der Waals surface area contributed by atoms with Crippen LogP contribution in [0.2, 0.25) is 10.0 Å². The fourth-order valence-corrected chi connectivity index (χ4v) is 2.27. The third-order valence-electron chi connectivity index (χ3n) is 2.68. The Kier molecular flexibility index (Phi) is 6.42. The van der Waals surface area contributed by atoms with E-state index in [0.29, 0.717) is 34.4 Å². The minimum Gasteiger partial charge on any atom is -0.397 e. The van der Waals surface area contributed by atoms with Gasteiger partial charge in [-0.05, 0) is 32.1 Å². The number of rotatable bonds is 6. The maximum Gasteiger partial charge on any atom is 0.225 e. The van der Waals surface area contributed by atoms with Crippen molar-refractivity contribution in [3.8, 4) is 0 Å². The lowest BCUT2D eigenvalue weighted by Gasteiger charge is -2.15. The molecule has 3 N–H and O–H groups in total. The molecule has 4 nitrogen and oxygen atoms in total. The quantitative estimate of drug-likeness (QED) is 0.793. The normalized spacial score (nSPS) is 10.8. The number of amides is 1. The smallest absolute Gasteiger partial charge is 0.225 e. The first kappa shape index (κ1) is 16.1. The summed E-state index contributed by atoms with van der Waals surface area (Å²) in [4.78, 5) is 13.9. The van der Waals surface area contributed by atoms with Gasteiger partial charge in [0.05, 0.1) is 16.4 Å². The summed E-state index contributed by atoms with van der Waals surface area (Å²) in [7, 11) is 1.99. The molecule has 1 aromatic rings. The second kappa shape index (κ2) is 7.58. The van der Waals surface area contributed by atoms with E-state index in [-0.39, 0.29) is 5.91 Å². The number of halogens is 2. The second-order valence-corrected chi connectivity index (χ2v) is 5.30. The van der Waals surface area contributed by atoms with Crippen LogP contribution < -0.4 is 11.1 Å². The Hall–Kier alpha value is -0.970. The van der Waals surface area contributed by atoms with Gasteiger partial charge in [0.15, 0.2) is 0 Å². The summed E-state index contributed by atoms with van der Waals surface area (Å²) in [6, 6.07) is 3.12. The highest BCUT2D eigenvalue weighted by molar-refractivity contribution is 6.37. The predicted octanol–water partition coefficient (Wildman–Crippen LogP) is 3.25. The van der Waals surface area contributed by atoms with E-state index in [0.717, 1.165) is 13.0 Å². The molecule has 0 saturated heterocycles. The molecule has 6 heteroatoms. The molecule has 0 aliphatic rings. The van der Waals surface area contributed by atoms with Gasteiger partial charge in [0.1, 0.15) is 0 Å². The maximum absolute atomic E-state index is 11.8. The number of carbonyl (C=O) groups is 1. The van der Waals surface area contributed by atoms with Crippen molar-refractivity contribution in [2.75, 3.05) is 31.2 Å². The van der Waals surface area contributed by atoms with Crippen LogP contribution in [0.25, 0.3) is 0 Å². The zero-order chi connectivity index (χ0) is 14.4. The average Bonchev–Trinajstić information content (AvgIpc) is 2.31. The molecule has 106 valence electrons. The molecule has 0 unspecified atom stereocenters. The predicted molar refractivity (Wildman–Crippen MR) is 81.9 cm³/mol. The topological polar surface area (TPSA) is 58.4 Å². The molecule has 0 fully saturated rings. The zero-order valence-electron chi connectivity index (χ0n) is 11.2. The van der Waals surface area contributed by atoms with E-state index in [9.17, 15) is 4.79 Å². The van der Waals surface area contributed by atoms with E-state index in [1.54, 1.807) is 12.1 Å². The molecular formula is C13H19Cl2N3O. The van der Waals surface area contributed by atoms with Gasteiger partial charge in [-0.15, -0.1) is 0 Å². The standard InChI is InChI=1S/C13H19Cl2N3O/c1-3-5-18(2)6-4-12(19)17-13-10(15)7-9(14)8-11(13)16/h7-8H,3-6,16H2,1-2H3,(H,17,19). The van der Waals surface area contributed by atoms with Crippen molar-refractivity contribution in [1.29, 1.82) is 0 Å². The van der Waals surface area contributed by atoms with Gasteiger partial charge in [-0.2, -0.15) is 0 Å². The number of carbonyl (C=O) groups excluding carboxylic acids is 1. The molecule has 0 heterocycles. The number of nitrogens with one attached hydrogen (secondary N) is 1. The largest absolute Gasteiger partial charge is 0.397 e. The van der Waals surface area contributed by atoms with Crippen LogP contribution in [0.15, 0.2) is 12.1 Å². The van der Waals surface area contributed by atoms with E-state index < -0.39 is 0 Å². The molecular weight excluding hydrogens is 285 g/mol. The molecule has 0 radical (unpaired) electrons.